The Morgan fingerprint density at radius 3 is 2.18 bits per heavy atom. The lowest BCUT2D eigenvalue weighted by atomic mass is 10.3. The highest BCUT2D eigenvalue weighted by Crippen LogP contribution is 2.66. The Morgan fingerprint density at radius 1 is 1.08 bits per heavy atom. The largest absolute Gasteiger partial charge is 0.502 e. The Kier molecular flexibility index (Phi) is 8.92. The maximum absolute atomic E-state index is 12.6. The number of aromatic amines is 1. The van der Waals surface area contributed by atoms with Crippen LogP contribution in [0, 0.1) is 0 Å². The van der Waals surface area contributed by atoms with Crippen LogP contribution in [0.25, 0.3) is 5.88 Å². The number of carbonyl (C=O) groups is 1. The van der Waals surface area contributed by atoms with E-state index < -0.39 is 88.7 Å². The summed E-state index contributed by atoms with van der Waals surface area (Å²) in [5.74, 6) is -6.91. The molecule has 2 atom stereocenters. The van der Waals surface area contributed by atoms with Crippen LogP contribution >= 0.6 is 23.5 Å². The van der Waals surface area contributed by atoms with Crippen LogP contribution in [0.4, 0.5) is 13.2 Å². The summed E-state index contributed by atoms with van der Waals surface area (Å²) in [7, 11) is -16.6. The molecular weight excluding hydrogens is 604 g/mol. The third-order valence-electron chi connectivity index (χ3n) is 3.92. The number of hydrogen-bond donors (Lipinski definition) is 7. The Bertz CT molecular complexity index is 1490. The lowest BCUT2D eigenvalue weighted by Gasteiger charge is -2.18. The number of H-pyrrole nitrogens is 1. The van der Waals surface area contributed by atoms with E-state index in [1.807, 2.05) is 0 Å². The number of hydrogen-bond acceptors (Lipinski definition) is 12. The molecule has 2 heterocycles. The van der Waals surface area contributed by atoms with Crippen LogP contribution in [0.2, 0.25) is 0 Å². The second-order valence-electron chi connectivity index (χ2n) is 6.83. The Labute approximate surface area is 205 Å². The molecule has 0 saturated heterocycles. The molecular formula is C13H15F3N3O16P3. The molecule has 214 valence electrons. The minimum atomic E-state index is -5.89. The van der Waals surface area contributed by atoms with Crippen molar-refractivity contribution < 1.29 is 79.0 Å². The third kappa shape index (κ3) is 8.11. The Hall–Kier alpha value is -2.77. The van der Waals surface area contributed by atoms with Crippen LogP contribution in [0.1, 0.15) is 11.3 Å². The van der Waals surface area contributed by atoms with Gasteiger partial charge in [-0.25, -0.2) is 23.1 Å². The van der Waals surface area contributed by atoms with Crippen LogP contribution in [0.3, 0.4) is 0 Å². The molecule has 38 heavy (non-hydrogen) atoms. The first-order valence-electron chi connectivity index (χ1n) is 9.02. The number of phosphoric acid groups is 3. The maximum Gasteiger partial charge on any atom is 0.490 e. The number of rotatable bonds is 10. The summed E-state index contributed by atoms with van der Waals surface area (Å²) in [5, 5.41) is 20.0. The molecule has 19 nitrogen and oxygen atoms in total. The fourth-order valence-electron chi connectivity index (χ4n) is 2.47. The standard InChI is InChI=1S/C13H15F3N3O16P3/c1-18(11(23)13(14,15)16)2-5-3-19(12(24)17-9(5)22)10-8(21)7(20)6(33-10)4-32-37(28,29)35-38(30,31)34-36(25,26)27/h3,20-21H,2,4H2,1H3,(H,28,29)(H,30,31)(H,17,22,24)(H2,25,26,27). The number of amides is 1. The van der Waals surface area contributed by atoms with Gasteiger partial charge in [-0.3, -0.25) is 19.1 Å². The average molecular weight is 619 g/mol. The first-order valence-corrected chi connectivity index (χ1v) is 13.5. The van der Waals surface area contributed by atoms with Crippen LogP contribution < -0.4 is 11.2 Å². The summed E-state index contributed by atoms with van der Waals surface area (Å²) in [4.78, 5) is 72.6. The van der Waals surface area contributed by atoms with E-state index in [9.17, 15) is 56.4 Å². The highest BCUT2D eigenvalue weighted by molar-refractivity contribution is 7.66. The molecule has 2 aromatic rings. The van der Waals surface area contributed by atoms with Gasteiger partial charge in [-0.05, 0) is 0 Å². The van der Waals surface area contributed by atoms with Crippen molar-refractivity contribution >= 4 is 29.4 Å². The molecule has 2 unspecified atom stereocenters. The first kappa shape index (κ1) is 31.4. The molecule has 2 aromatic heterocycles. The van der Waals surface area contributed by atoms with Crippen LogP contribution in [-0.2, 0) is 44.8 Å². The van der Waals surface area contributed by atoms with Crippen molar-refractivity contribution in [2.75, 3.05) is 7.05 Å². The molecule has 0 aliphatic carbocycles. The highest BCUT2D eigenvalue weighted by Gasteiger charge is 2.42. The minimum Gasteiger partial charge on any atom is -0.502 e. The van der Waals surface area contributed by atoms with Crippen molar-refractivity contribution in [3.8, 4) is 17.4 Å². The predicted molar refractivity (Wildman–Crippen MR) is 109 cm³/mol. The quantitative estimate of drug-likeness (QED) is 0.171. The summed E-state index contributed by atoms with van der Waals surface area (Å²) in [5.41, 5.74) is -3.27. The molecule has 0 bridgehead atoms. The zero-order chi connectivity index (χ0) is 29.4. The number of nitrogens with zero attached hydrogens (tertiary/aromatic N) is 2. The molecule has 0 aliphatic rings. The second kappa shape index (κ2) is 10.8. The van der Waals surface area contributed by atoms with Gasteiger partial charge in [-0.1, -0.05) is 0 Å². The number of aromatic nitrogens is 2. The van der Waals surface area contributed by atoms with Crippen LogP contribution in [0.5, 0.6) is 11.5 Å². The van der Waals surface area contributed by atoms with Crippen molar-refractivity contribution in [1.29, 1.82) is 0 Å². The van der Waals surface area contributed by atoms with Crippen molar-refractivity contribution in [2.45, 2.75) is 19.3 Å². The van der Waals surface area contributed by atoms with Crippen LogP contribution in [-0.4, -0.2) is 63.4 Å². The van der Waals surface area contributed by atoms with E-state index in [0.717, 1.165) is 0 Å². The molecule has 0 aromatic carbocycles. The fraction of sp³-hybridized carbons (Fsp3) is 0.308. The summed E-state index contributed by atoms with van der Waals surface area (Å²) in [6, 6.07) is 0. The Morgan fingerprint density at radius 2 is 1.66 bits per heavy atom. The lowest BCUT2D eigenvalue weighted by molar-refractivity contribution is -0.184. The van der Waals surface area contributed by atoms with Gasteiger partial charge in [0.15, 0.2) is 5.76 Å². The number of alkyl halides is 3. The molecule has 0 radical (unpaired) electrons. The second-order valence-corrected chi connectivity index (χ2v) is 11.3. The topological polar surface area (TPSA) is 289 Å². The zero-order valence-electron chi connectivity index (χ0n) is 18.1. The van der Waals surface area contributed by atoms with Gasteiger partial charge in [0.1, 0.15) is 6.61 Å². The maximum atomic E-state index is 12.6. The number of aromatic hydroxyl groups is 2. The van der Waals surface area contributed by atoms with E-state index in [4.69, 9.17) is 19.1 Å². The number of nitrogens with one attached hydrogen (secondary N) is 1. The van der Waals surface area contributed by atoms with E-state index in [0.29, 0.717) is 13.2 Å². The smallest absolute Gasteiger partial charge is 0.490 e. The molecule has 1 amide bonds. The monoisotopic (exact) mass is 619 g/mol. The molecule has 2 rings (SSSR count). The van der Waals surface area contributed by atoms with Gasteiger partial charge >= 0.3 is 41.2 Å². The number of phosphoric ester groups is 1. The van der Waals surface area contributed by atoms with Gasteiger partial charge in [-0.2, -0.15) is 21.8 Å². The Balaban J connectivity index is 2.34. The van der Waals surface area contributed by atoms with Gasteiger partial charge in [0, 0.05) is 13.2 Å². The van der Waals surface area contributed by atoms with E-state index in [1.165, 1.54) is 0 Å². The summed E-state index contributed by atoms with van der Waals surface area (Å²) in [6.45, 7) is -2.39. The SMILES string of the molecule is CN(Cc1cn(-c2oc(COP(=O)(O)OP(=O)(O)OP(=O)(O)O)c(O)c2O)c(=O)[nH]c1=O)C(=O)C(F)(F)F. The van der Waals surface area contributed by atoms with E-state index in [2.05, 4.69) is 13.1 Å². The number of halogens is 3. The van der Waals surface area contributed by atoms with Crippen molar-refractivity contribution in [3.05, 3.63) is 38.4 Å². The molecule has 0 saturated carbocycles. The molecule has 0 fully saturated rings. The molecule has 0 aliphatic heterocycles. The van der Waals surface area contributed by atoms with Crippen molar-refractivity contribution in [3.63, 3.8) is 0 Å². The fourth-order valence-corrected chi connectivity index (χ4v) is 5.44. The summed E-state index contributed by atoms with van der Waals surface area (Å²) >= 11 is 0. The summed E-state index contributed by atoms with van der Waals surface area (Å²) in [6.07, 6.45) is -4.76. The van der Waals surface area contributed by atoms with Crippen molar-refractivity contribution in [1.82, 2.24) is 14.5 Å². The van der Waals surface area contributed by atoms with Gasteiger partial charge in [0.2, 0.25) is 11.5 Å². The van der Waals surface area contributed by atoms with Gasteiger partial charge < -0.3 is 39.1 Å². The normalized spacial score (nSPS) is 15.6. The molecule has 25 heteroatoms. The van der Waals surface area contributed by atoms with Gasteiger partial charge in [0.05, 0.1) is 12.1 Å². The van der Waals surface area contributed by atoms with Crippen LogP contribution in [0.15, 0.2) is 20.2 Å². The highest BCUT2D eigenvalue weighted by atomic mass is 31.3. The lowest BCUT2D eigenvalue weighted by Crippen LogP contribution is -2.40. The van der Waals surface area contributed by atoms with Crippen molar-refractivity contribution in [2.24, 2.45) is 0 Å². The predicted octanol–water partition coefficient (Wildman–Crippen LogP) is -0.106. The minimum absolute atomic E-state index is 0.0763. The van der Waals surface area contributed by atoms with E-state index >= 15 is 0 Å². The van der Waals surface area contributed by atoms with E-state index in [-0.39, 0.29) is 9.47 Å². The molecule has 0 spiro atoms. The zero-order valence-corrected chi connectivity index (χ0v) is 20.8. The number of furan rings is 1. The molecule has 7 N–H and O–H groups in total. The average Bonchev–Trinajstić information content (AvgIpc) is 2.98. The third-order valence-corrected chi connectivity index (χ3v) is 7.70. The van der Waals surface area contributed by atoms with Gasteiger partial charge in [0.25, 0.3) is 11.4 Å². The summed E-state index contributed by atoms with van der Waals surface area (Å²) < 4.78 is 87.8. The van der Waals surface area contributed by atoms with E-state index in [1.54, 1.807) is 4.98 Å². The van der Waals surface area contributed by atoms with Gasteiger partial charge in [-0.15, -0.1) is 0 Å². The first-order chi connectivity index (χ1) is 17.0. The number of carbonyl (C=O) groups excluding carboxylic acids is 1.